The largest absolute Gasteiger partial charge is 0.497 e. The second kappa shape index (κ2) is 8.15. The third-order valence-electron chi connectivity index (χ3n) is 3.44. The van der Waals surface area contributed by atoms with E-state index >= 15 is 0 Å². The highest BCUT2D eigenvalue weighted by Crippen LogP contribution is 2.20. The Morgan fingerprint density at radius 2 is 1.96 bits per heavy atom. The Morgan fingerprint density at radius 1 is 1.26 bits per heavy atom. The van der Waals surface area contributed by atoms with Crippen molar-refractivity contribution in [3.05, 3.63) is 35.7 Å². The molecule has 0 saturated carbocycles. The molecule has 2 aromatic rings. The monoisotopic (exact) mass is 333 g/mol. The zero-order chi connectivity index (χ0) is 16.8. The van der Waals surface area contributed by atoms with E-state index in [2.05, 4.69) is 35.5 Å². The molecule has 124 valence electrons. The second-order valence-electron chi connectivity index (χ2n) is 5.68. The molecule has 0 aliphatic rings. The lowest BCUT2D eigenvalue weighted by atomic mass is 10.1. The molecular weight excluding hydrogens is 310 g/mol. The topological polar surface area (TPSA) is 57.0 Å². The first-order chi connectivity index (χ1) is 11.0. The third-order valence-corrected chi connectivity index (χ3v) is 4.41. The minimum atomic E-state index is 0.0775. The van der Waals surface area contributed by atoms with Crippen molar-refractivity contribution < 1.29 is 9.53 Å². The van der Waals surface area contributed by atoms with Crippen LogP contribution in [-0.2, 0) is 13.0 Å². The normalized spacial score (nSPS) is 11.0. The predicted molar refractivity (Wildman–Crippen MR) is 92.3 cm³/mol. The average molecular weight is 333 g/mol. The van der Waals surface area contributed by atoms with E-state index in [1.165, 1.54) is 11.8 Å². The molecule has 23 heavy (non-hydrogen) atoms. The summed E-state index contributed by atoms with van der Waals surface area (Å²) in [4.78, 5) is 12.3. The third kappa shape index (κ3) is 4.58. The van der Waals surface area contributed by atoms with Gasteiger partial charge in [0.15, 0.2) is 10.9 Å². The van der Waals surface area contributed by atoms with Crippen LogP contribution in [0, 0.1) is 5.92 Å². The molecule has 0 fully saturated rings. The minimum Gasteiger partial charge on any atom is -0.497 e. The van der Waals surface area contributed by atoms with Crippen LogP contribution < -0.4 is 4.74 Å². The number of ether oxygens (including phenoxy) is 1. The highest BCUT2D eigenvalue weighted by Gasteiger charge is 2.14. The number of hydrogen-bond acceptors (Lipinski definition) is 5. The van der Waals surface area contributed by atoms with E-state index in [-0.39, 0.29) is 5.78 Å². The van der Waals surface area contributed by atoms with Gasteiger partial charge in [-0.05, 0) is 37.1 Å². The molecular formula is C17H23N3O2S. The van der Waals surface area contributed by atoms with Crippen molar-refractivity contribution >= 4 is 17.5 Å². The number of carbonyl (C=O) groups is 1. The van der Waals surface area contributed by atoms with Crippen LogP contribution in [0.3, 0.4) is 0 Å². The molecule has 0 bridgehead atoms. The Labute approximate surface area is 141 Å². The average Bonchev–Trinajstić information content (AvgIpc) is 2.93. The second-order valence-corrected chi connectivity index (χ2v) is 6.62. The molecule has 1 aromatic carbocycles. The van der Waals surface area contributed by atoms with Crippen molar-refractivity contribution in [3.8, 4) is 5.75 Å². The standard InChI is InChI=1S/C17H23N3O2S/c1-5-20-16(10-12(2)3)18-19-17(20)23-11-15(21)13-6-8-14(22-4)9-7-13/h6-9,12H,5,10-11H2,1-4H3. The molecule has 0 unspecified atom stereocenters. The Balaban J connectivity index is 2.02. The van der Waals surface area contributed by atoms with Gasteiger partial charge in [-0.1, -0.05) is 25.6 Å². The van der Waals surface area contributed by atoms with Gasteiger partial charge in [0.25, 0.3) is 0 Å². The highest BCUT2D eigenvalue weighted by molar-refractivity contribution is 7.99. The maximum atomic E-state index is 12.3. The summed E-state index contributed by atoms with van der Waals surface area (Å²) in [5.41, 5.74) is 0.684. The maximum Gasteiger partial charge on any atom is 0.191 e. The quantitative estimate of drug-likeness (QED) is 0.547. The highest BCUT2D eigenvalue weighted by atomic mass is 32.2. The van der Waals surface area contributed by atoms with Gasteiger partial charge in [0, 0.05) is 18.5 Å². The first-order valence-corrected chi connectivity index (χ1v) is 8.75. The summed E-state index contributed by atoms with van der Waals surface area (Å²) in [5, 5.41) is 9.31. The van der Waals surface area contributed by atoms with Crippen LogP contribution in [0.25, 0.3) is 0 Å². The van der Waals surface area contributed by atoms with Crippen molar-refractivity contribution in [2.45, 2.75) is 38.9 Å². The summed E-state index contributed by atoms with van der Waals surface area (Å²) in [6.45, 7) is 7.21. The van der Waals surface area contributed by atoms with Crippen LogP contribution in [-0.4, -0.2) is 33.4 Å². The molecule has 0 saturated heterocycles. The number of rotatable bonds is 8. The summed E-state index contributed by atoms with van der Waals surface area (Å²) in [6, 6.07) is 7.17. The van der Waals surface area contributed by atoms with Crippen molar-refractivity contribution in [2.75, 3.05) is 12.9 Å². The van der Waals surface area contributed by atoms with Crippen molar-refractivity contribution in [3.63, 3.8) is 0 Å². The van der Waals surface area contributed by atoms with E-state index < -0.39 is 0 Å². The summed E-state index contributed by atoms with van der Waals surface area (Å²) >= 11 is 1.44. The summed E-state index contributed by atoms with van der Waals surface area (Å²) in [6.07, 6.45) is 0.897. The van der Waals surface area contributed by atoms with Crippen molar-refractivity contribution in [1.29, 1.82) is 0 Å². The van der Waals surface area contributed by atoms with Gasteiger partial charge in [-0.3, -0.25) is 4.79 Å². The van der Waals surface area contributed by atoms with E-state index in [4.69, 9.17) is 4.74 Å². The number of methoxy groups -OCH3 is 1. The number of ketones is 1. The molecule has 5 nitrogen and oxygen atoms in total. The van der Waals surface area contributed by atoms with E-state index in [9.17, 15) is 4.79 Å². The Kier molecular flexibility index (Phi) is 6.21. The van der Waals surface area contributed by atoms with Gasteiger partial charge in [0.1, 0.15) is 11.6 Å². The molecule has 2 rings (SSSR count). The van der Waals surface area contributed by atoms with Gasteiger partial charge in [-0.15, -0.1) is 10.2 Å². The number of aromatic nitrogens is 3. The zero-order valence-corrected chi connectivity index (χ0v) is 14.9. The molecule has 0 atom stereocenters. The fraction of sp³-hybridized carbons (Fsp3) is 0.471. The van der Waals surface area contributed by atoms with E-state index in [1.807, 2.05) is 0 Å². The van der Waals surface area contributed by atoms with Crippen molar-refractivity contribution in [1.82, 2.24) is 14.8 Å². The number of carbonyl (C=O) groups excluding carboxylic acids is 1. The zero-order valence-electron chi connectivity index (χ0n) is 14.1. The summed E-state index contributed by atoms with van der Waals surface area (Å²) < 4.78 is 7.19. The van der Waals surface area contributed by atoms with Crippen LogP contribution in [0.4, 0.5) is 0 Å². The smallest absolute Gasteiger partial charge is 0.191 e. The molecule has 1 aromatic heterocycles. The first-order valence-electron chi connectivity index (χ1n) is 7.77. The fourth-order valence-corrected chi connectivity index (χ4v) is 3.17. The van der Waals surface area contributed by atoms with Gasteiger partial charge < -0.3 is 9.30 Å². The lowest BCUT2D eigenvalue weighted by Crippen LogP contribution is -2.08. The van der Waals surface area contributed by atoms with E-state index in [1.54, 1.807) is 31.4 Å². The predicted octanol–water partition coefficient (Wildman–Crippen LogP) is 3.48. The molecule has 0 aliphatic heterocycles. The summed E-state index contributed by atoms with van der Waals surface area (Å²) in [7, 11) is 1.61. The number of benzene rings is 1. The number of Topliss-reactive ketones (excluding diaryl/α,β-unsaturated/α-hetero) is 1. The molecule has 0 spiro atoms. The molecule has 0 N–H and O–H groups in total. The number of hydrogen-bond donors (Lipinski definition) is 0. The van der Waals surface area contributed by atoms with Crippen LogP contribution in [0.1, 0.15) is 37.0 Å². The van der Waals surface area contributed by atoms with Gasteiger partial charge in [-0.25, -0.2) is 0 Å². The lowest BCUT2D eigenvalue weighted by molar-refractivity contribution is 0.102. The number of thioether (sulfide) groups is 1. The van der Waals surface area contributed by atoms with Gasteiger partial charge >= 0.3 is 0 Å². The van der Waals surface area contributed by atoms with E-state index in [0.717, 1.165) is 29.7 Å². The SMILES string of the molecule is CCn1c(CC(C)C)nnc1SCC(=O)c1ccc(OC)cc1. The van der Waals surface area contributed by atoms with Crippen LogP contribution in [0.2, 0.25) is 0 Å². The summed E-state index contributed by atoms with van der Waals surface area (Å²) in [5.74, 6) is 2.70. The van der Waals surface area contributed by atoms with Crippen LogP contribution >= 0.6 is 11.8 Å². The maximum absolute atomic E-state index is 12.3. The van der Waals surface area contributed by atoms with Crippen LogP contribution in [0.5, 0.6) is 5.75 Å². The van der Waals surface area contributed by atoms with Crippen molar-refractivity contribution in [2.24, 2.45) is 5.92 Å². The van der Waals surface area contributed by atoms with E-state index in [0.29, 0.717) is 17.2 Å². The van der Waals surface area contributed by atoms with Gasteiger partial charge in [-0.2, -0.15) is 0 Å². The molecule has 0 aliphatic carbocycles. The Hall–Kier alpha value is -1.82. The molecule has 0 radical (unpaired) electrons. The van der Waals surface area contributed by atoms with Gasteiger partial charge in [0.05, 0.1) is 12.9 Å². The molecule has 6 heteroatoms. The van der Waals surface area contributed by atoms with Gasteiger partial charge in [0.2, 0.25) is 0 Å². The van der Waals surface area contributed by atoms with Crippen LogP contribution in [0.15, 0.2) is 29.4 Å². The number of nitrogens with zero attached hydrogens (tertiary/aromatic N) is 3. The molecule has 0 amide bonds. The molecule has 1 heterocycles. The minimum absolute atomic E-state index is 0.0775. The lowest BCUT2D eigenvalue weighted by Gasteiger charge is -2.08. The first kappa shape index (κ1) is 17.5. The Bertz CT molecular complexity index is 650. The Morgan fingerprint density at radius 3 is 2.52 bits per heavy atom. The fourth-order valence-electron chi connectivity index (χ4n) is 2.25.